The van der Waals surface area contributed by atoms with Crippen molar-refractivity contribution < 1.29 is 4.79 Å². The third kappa shape index (κ3) is 3.67. The van der Waals surface area contributed by atoms with Gasteiger partial charge in [0.25, 0.3) is 0 Å². The van der Waals surface area contributed by atoms with Gasteiger partial charge in [-0.15, -0.1) is 0 Å². The van der Waals surface area contributed by atoms with Gasteiger partial charge in [-0.25, -0.2) is 0 Å². The summed E-state index contributed by atoms with van der Waals surface area (Å²) in [5.74, 6) is 3.42. The Morgan fingerprint density at radius 2 is 2.25 bits per heavy atom. The Bertz CT molecular complexity index is 221. The molecular formula is C12H22N2OS. The standard InChI is InChI=1S/C12H22N2OS/c15-12(11-4-2-1-3-6-13-11)14-8-10-5-7-16-9-10/h10-11,13H,1-9H2,(H,14,15). The van der Waals surface area contributed by atoms with Crippen LogP contribution in [0.15, 0.2) is 0 Å². The van der Waals surface area contributed by atoms with E-state index in [1.165, 1.54) is 37.2 Å². The summed E-state index contributed by atoms with van der Waals surface area (Å²) in [5.41, 5.74) is 0. The van der Waals surface area contributed by atoms with Gasteiger partial charge in [0, 0.05) is 6.54 Å². The van der Waals surface area contributed by atoms with Crippen molar-refractivity contribution in [1.82, 2.24) is 10.6 Å². The number of carbonyl (C=O) groups is 1. The molecule has 3 nitrogen and oxygen atoms in total. The summed E-state index contributed by atoms with van der Waals surface area (Å²) in [6.45, 7) is 1.88. The molecule has 2 saturated heterocycles. The largest absolute Gasteiger partial charge is 0.354 e. The number of hydrogen-bond acceptors (Lipinski definition) is 3. The maximum atomic E-state index is 11.9. The van der Waals surface area contributed by atoms with Crippen LogP contribution in [0.3, 0.4) is 0 Å². The van der Waals surface area contributed by atoms with E-state index in [1.54, 1.807) is 0 Å². The lowest BCUT2D eigenvalue weighted by Gasteiger charge is -2.17. The average molecular weight is 242 g/mol. The van der Waals surface area contributed by atoms with Gasteiger partial charge in [-0.3, -0.25) is 4.79 Å². The molecule has 0 saturated carbocycles. The molecule has 2 unspecified atom stereocenters. The Labute approximate surface area is 102 Å². The van der Waals surface area contributed by atoms with Crippen LogP contribution in [0, 0.1) is 5.92 Å². The molecule has 0 aromatic carbocycles. The molecular weight excluding hydrogens is 220 g/mol. The highest BCUT2D eigenvalue weighted by Gasteiger charge is 2.21. The quantitative estimate of drug-likeness (QED) is 0.786. The second-order valence-corrected chi connectivity index (χ2v) is 5.98. The zero-order valence-corrected chi connectivity index (χ0v) is 10.7. The van der Waals surface area contributed by atoms with Crippen LogP contribution in [0.25, 0.3) is 0 Å². The van der Waals surface area contributed by atoms with Gasteiger partial charge in [-0.05, 0) is 43.2 Å². The van der Waals surface area contributed by atoms with Crippen LogP contribution >= 0.6 is 11.8 Å². The van der Waals surface area contributed by atoms with E-state index in [9.17, 15) is 4.79 Å². The Morgan fingerprint density at radius 3 is 3.06 bits per heavy atom. The molecule has 0 bridgehead atoms. The zero-order chi connectivity index (χ0) is 11.2. The first-order chi connectivity index (χ1) is 7.86. The van der Waals surface area contributed by atoms with Crippen LogP contribution in [-0.4, -0.2) is 36.5 Å². The first-order valence-corrected chi connectivity index (χ1v) is 7.60. The maximum absolute atomic E-state index is 11.9. The van der Waals surface area contributed by atoms with Gasteiger partial charge in [0.05, 0.1) is 6.04 Å². The molecule has 92 valence electrons. The molecule has 0 aromatic heterocycles. The van der Waals surface area contributed by atoms with Crippen LogP contribution < -0.4 is 10.6 Å². The second kappa shape index (κ2) is 6.50. The fraction of sp³-hybridized carbons (Fsp3) is 0.917. The average Bonchev–Trinajstić information content (AvgIpc) is 2.66. The van der Waals surface area contributed by atoms with Gasteiger partial charge in [-0.1, -0.05) is 12.8 Å². The molecule has 0 aliphatic carbocycles. The number of amides is 1. The predicted octanol–water partition coefficient (Wildman–Crippen LogP) is 1.39. The van der Waals surface area contributed by atoms with Crippen molar-refractivity contribution in [3.05, 3.63) is 0 Å². The van der Waals surface area contributed by atoms with E-state index in [4.69, 9.17) is 0 Å². The summed E-state index contributed by atoms with van der Waals surface area (Å²) < 4.78 is 0. The smallest absolute Gasteiger partial charge is 0.237 e. The van der Waals surface area contributed by atoms with Crippen molar-refractivity contribution in [2.24, 2.45) is 5.92 Å². The highest BCUT2D eigenvalue weighted by molar-refractivity contribution is 7.99. The Balaban J connectivity index is 1.69. The fourth-order valence-electron chi connectivity index (χ4n) is 2.36. The van der Waals surface area contributed by atoms with Gasteiger partial charge in [0.15, 0.2) is 0 Å². The summed E-state index contributed by atoms with van der Waals surface area (Å²) in [4.78, 5) is 11.9. The molecule has 0 spiro atoms. The Morgan fingerprint density at radius 1 is 1.31 bits per heavy atom. The zero-order valence-electron chi connectivity index (χ0n) is 9.84. The minimum atomic E-state index is 0.0663. The minimum absolute atomic E-state index is 0.0663. The van der Waals surface area contributed by atoms with Gasteiger partial charge >= 0.3 is 0 Å². The van der Waals surface area contributed by atoms with Crippen LogP contribution in [0.5, 0.6) is 0 Å². The summed E-state index contributed by atoms with van der Waals surface area (Å²) in [5, 5.41) is 6.45. The first kappa shape index (κ1) is 12.2. The molecule has 1 amide bonds. The van der Waals surface area contributed by atoms with Crippen molar-refractivity contribution in [2.45, 2.75) is 38.1 Å². The molecule has 2 fully saturated rings. The van der Waals surface area contributed by atoms with Crippen LogP contribution in [-0.2, 0) is 4.79 Å². The first-order valence-electron chi connectivity index (χ1n) is 6.45. The number of hydrogen-bond donors (Lipinski definition) is 2. The molecule has 4 heteroatoms. The lowest BCUT2D eigenvalue weighted by molar-refractivity contribution is -0.123. The normalized spacial score (nSPS) is 31.0. The van der Waals surface area contributed by atoms with Crippen LogP contribution in [0.2, 0.25) is 0 Å². The van der Waals surface area contributed by atoms with Crippen molar-refractivity contribution >= 4 is 17.7 Å². The molecule has 0 aromatic rings. The van der Waals surface area contributed by atoms with Crippen molar-refractivity contribution in [3.63, 3.8) is 0 Å². The summed E-state index contributed by atoms with van der Waals surface area (Å²) in [6.07, 6.45) is 5.93. The molecule has 0 radical (unpaired) electrons. The van der Waals surface area contributed by atoms with Crippen LogP contribution in [0.4, 0.5) is 0 Å². The topological polar surface area (TPSA) is 41.1 Å². The maximum Gasteiger partial charge on any atom is 0.237 e. The van der Waals surface area contributed by atoms with Gasteiger partial charge in [0.1, 0.15) is 0 Å². The minimum Gasteiger partial charge on any atom is -0.354 e. The highest BCUT2D eigenvalue weighted by Crippen LogP contribution is 2.22. The molecule has 2 heterocycles. The van der Waals surface area contributed by atoms with E-state index in [1.807, 2.05) is 11.8 Å². The summed E-state index contributed by atoms with van der Waals surface area (Å²) in [7, 11) is 0. The van der Waals surface area contributed by atoms with Gasteiger partial charge in [-0.2, -0.15) is 11.8 Å². The number of nitrogens with one attached hydrogen (secondary N) is 2. The van der Waals surface area contributed by atoms with Gasteiger partial charge < -0.3 is 10.6 Å². The number of carbonyl (C=O) groups excluding carboxylic acids is 1. The lowest BCUT2D eigenvalue weighted by atomic mass is 10.1. The van der Waals surface area contributed by atoms with E-state index >= 15 is 0 Å². The van der Waals surface area contributed by atoms with Crippen molar-refractivity contribution in [2.75, 3.05) is 24.6 Å². The number of thioether (sulfide) groups is 1. The van der Waals surface area contributed by atoms with Gasteiger partial charge in [0.2, 0.25) is 5.91 Å². The molecule has 2 aliphatic rings. The van der Waals surface area contributed by atoms with Crippen LogP contribution in [0.1, 0.15) is 32.1 Å². The SMILES string of the molecule is O=C(NCC1CCSC1)C1CCCCCN1. The van der Waals surface area contributed by atoms with E-state index in [2.05, 4.69) is 10.6 Å². The van der Waals surface area contributed by atoms with Crippen molar-refractivity contribution in [1.29, 1.82) is 0 Å². The number of rotatable bonds is 3. The van der Waals surface area contributed by atoms with E-state index in [0.29, 0.717) is 5.92 Å². The summed E-state index contributed by atoms with van der Waals surface area (Å²) >= 11 is 2.01. The second-order valence-electron chi connectivity index (χ2n) is 4.83. The fourth-order valence-corrected chi connectivity index (χ4v) is 3.65. The lowest BCUT2D eigenvalue weighted by Crippen LogP contribution is -2.45. The van der Waals surface area contributed by atoms with E-state index < -0.39 is 0 Å². The molecule has 2 rings (SSSR count). The van der Waals surface area contributed by atoms with E-state index in [0.717, 1.165) is 19.5 Å². The van der Waals surface area contributed by atoms with Crippen molar-refractivity contribution in [3.8, 4) is 0 Å². The molecule has 16 heavy (non-hydrogen) atoms. The Kier molecular flexibility index (Phi) is 4.97. The summed E-state index contributed by atoms with van der Waals surface area (Å²) in [6, 6.07) is 0.0663. The predicted molar refractivity (Wildman–Crippen MR) is 68.7 cm³/mol. The molecule has 2 aliphatic heterocycles. The molecule has 2 N–H and O–H groups in total. The molecule has 2 atom stereocenters. The third-order valence-corrected chi connectivity index (χ3v) is 4.70. The Hall–Kier alpha value is -0.220. The monoisotopic (exact) mass is 242 g/mol. The highest BCUT2D eigenvalue weighted by atomic mass is 32.2. The third-order valence-electron chi connectivity index (χ3n) is 3.47. The van der Waals surface area contributed by atoms with E-state index in [-0.39, 0.29) is 11.9 Å².